The van der Waals surface area contributed by atoms with Crippen LogP contribution in [0.5, 0.6) is 0 Å². The van der Waals surface area contributed by atoms with Gasteiger partial charge in [-0.25, -0.2) is 0 Å². The van der Waals surface area contributed by atoms with Crippen LogP contribution in [0.4, 0.5) is 0 Å². The lowest BCUT2D eigenvalue weighted by atomic mass is 9.86. The molecule has 1 saturated heterocycles. The third kappa shape index (κ3) is 3.85. The summed E-state index contributed by atoms with van der Waals surface area (Å²) in [7, 11) is 0. The lowest BCUT2D eigenvalue weighted by Gasteiger charge is -2.25. The molecule has 1 heteroatoms. The molecule has 1 aliphatic heterocycles. The van der Waals surface area contributed by atoms with Crippen LogP contribution in [0.25, 0.3) is 0 Å². The molecule has 1 aliphatic rings. The Morgan fingerprint density at radius 2 is 1.85 bits per heavy atom. The molecule has 0 spiro atoms. The second kappa shape index (κ2) is 6.30. The number of benzene rings is 1. The summed E-state index contributed by atoms with van der Waals surface area (Å²) in [6, 6.07) is 9.93. The highest BCUT2D eigenvalue weighted by molar-refractivity contribution is 5.28. The van der Waals surface area contributed by atoms with Crippen LogP contribution in [0.15, 0.2) is 24.3 Å². The number of likely N-dealkylation sites (tertiary alicyclic amines) is 1. The predicted molar refractivity (Wildman–Crippen MR) is 88.3 cm³/mol. The van der Waals surface area contributed by atoms with E-state index in [9.17, 15) is 0 Å². The van der Waals surface area contributed by atoms with Gasteiger partial charge in [-0.1, -0.05) is 58.4 Å². The smallest absolute Gasteiger partial charge is 0.0107 e. The van der Waals surface area contributed by atoms with Crippen molar-refractivity contribution in [1.82, 2.24) is 4.90 Å². The molecule has 2 rings (SSSR count). The van der Waals surface area contributed by atoms with Crippen LogP contribution in [0, 0.1) is 5.92 Å². The standard InChI is InChI=1S/C19H31N/c1-6-16-11-12-20(14-16)15(2)13-17-7-9-18(10-8-17)19(3,4)5/h7-10,15-16H,6,11-14H2,1-5H3/t15?,16-/m0/s1. The van der Waals surface area contributed by atoms with Crippen molar-refractivity contribution >= 4 is 0 Å². The van der Waals surface area contributed by atoms with Gasteiger partial charge >= 0.3 is 0 Å². The number of hydrogen-bond donors (Lipinski definition) is 0. The topological polar surface area (TPSA) is 3.24 Å². The second-order valence-corrected chi connectivity index (χ2v) is 7.56. The number of hydrogen-bond acceptors (Lipinski definition) is 1. The summed E-state index contributed by atoms with van der Waals surface area (Å²) in [5.74, 6) is 0.931. The predicted octanol–water partition coefficient (Wildman–Crippen LogP) is 4.65. The van der Waals surface area contributed by atoms with E-state index in [4.69, 9.17) is 0 Å². The average Bonchev–Trinajstić information content (AvgIpc) is 2.87. The molecule has 1 aromatic rings. The van der Waals surface area contributed by atoms with Crippen molar-refractivity contribution < 1.29 is 0 Å². The van der Waals surface area contributed by atoms with Gasteiger partial charge in [-0.3, -0.25) is 0 Å². The van der Waals surface area contributed by atoms with Gasteiger partial charge in [-0.2, -0.15) is 0 Å². The van der Waals surface area contributed by atoms with Gasteiger partial charge in [0.05, 0.1) is 0 Å². The Morgan fingerprint density at radius 1 is 1.20 bits per heavy atom. The third-order valence-corrected chi connectivity index (χ3v) is 4.87. The molecule has 1 nitrogen and oxygen atoms in total. The zero-order valence-corrected chi connectivity index (χ0v) is 13.9. The fraction of sp³-hybridized carbons (Fsp3) is 0.684. The summed E-state index contributed by atoms with van der Waals surface area (Å²) in [5, 5.41) is 0. The Kier molecular flexibility index (Phi) is 4.90. The van der Waals surface area contributed by atoms with Crippen LogP contribution in [0.1, 0.15) is 58.6 Å². The molecule has 20 heavy (non-hydrogen) atoms. The summed E-state index contributed by atoms with van der Waals surface area (Å²) in [6.07, 6.45) is 3.91. The quantitative estimate of drug-likeness (QED) is 0.772. The highest BCUT2D eigenvalue weighted by Gasteiger charge is 2.24. The normalized spacial score (nSPS) is 22.1. The first kappa shape index (κ1) is 15.6. The summed E-state index contributed by atoms with van der Waals surface area (Å²) in [5.41, 5.74) is 3.17. The van der Waals surface area contributed by atoms with Gasteiger partial charge in [0.2, 0.25) is 0 Å². The first-order chi connectivity index (χ1) is 9.40. The molecule has 1 fully saturated rings. The Balaban J connectivity index is 1.93. The first-order valence-corrected chi connectivity index (χ1v) is 8.23. The molecular formula is C19H31N. The largest absolute Gasteiger partial charge is 0.300 e. The van der Waals surface area contributed by atoms with E-state index in [0.29, 0.717) is 6.04 Å². The highest BCUT2D eigenvalue weighted by atomic mass is 15.2. The van der Waals surface area contributed by atoms with E-state index in [1.54, 1.807) is 0 Å². The van der Waals surface area contributed by atoms with Gasteiger partial charge in [0, 0.05) is 12.6 Å². The van der Waals surface area contributed by atoms with Crippen LogP contribution in [-0.2, 0) is 11.8 Å². The van der Waals surface area contributed by atoms with Crippen molar-refractivity contribution in [3.63, 3.8) is 0 Å². The van der Waals surface area contributed by atoms with Crippen LogP contribution in [-0.4, -0.2) is 24.0 Å². The monoisotopic (exact) mass is 273 g/mol. The van der Waals surface area contributed by atoms with Crippen molar-refractivity contribution in [1.29, 1.82) is 0 Å². The van der Waals surface area contributed by atoms with E-state index in [2.05, 4.69) is 63.8 Å². The molecule has 0 aliphatic carbocycles. The SMILES string of the molecule is CC[C@H]1CCN(C(C)Cc2ccc(C(C)(C)C)cc2)C1. The minimum Gasteiger partial charge on any atom is -0.300 e. The van der Waals surface area contributed by atoms with Crippen molar-refractivity contribution in [3.8, 4) is 0 Å². The zero-order chi connectivity index (χ0) is 14.8. The summed E-state index contributed by atoms with van der Waals surface area (Å²) < 4.78 is 0. The van der Waals surface area contributed by atoms with E-state index in [1.165, 1.54) is 43.5 Å². The lowest BCUT2D eigenvalue weighted by Crippen LogP contribution is -2.32. The molecule has 0 aromatic heterocycles. The molecule has 0 N–H and O–H groups in total. The summed E-state index contributed by atoms with van der Waals surface area (Å²) >= 11 is 0. The van der Waals surface area contributed by atoms with E-state index in [-0.39, 0.29) is 5.41 Å². The van der Waals surface area contributed by atoms with Gasteiger partial charge < -0.3 is 4.90 Å². The van der Waals surface area contributed by atoms with Crippen molar-refractivity contribution in [2.75, 3.05) is 13.1 Å². The van der Waals surface area contributed by atoms with Crippen LogP contribution >= 0.6 is 0 Å². The lowest BCUT2D eigenvalue weighted by molar-refractivity contribution is 0.247. The molecule has 2 atom stereocenters. The van der Waals surface area contributed by atoms with Crippen molar-refractivity contribution in [3.05, 3.63) is 35.4 Å². The maximum Gasteiger partial charge on any atom is 0.0107 e. The highest BCUT2D eigenvalue weighted by Crippen LogP contribution is 2.25. The fourth-order valence-electron chi connectivity index (χ4n) is 3.21. The fourth-order valence-corrected chi connectivity index (χ4v) is 3.21. The van der Waals surface area contributed by atoms with Gasteiger partial charge in [0.25, 0.3) is 0 Å². The Morgan fingerprint density at radius 3 is 2.35 bits per heavy atom. The van der Waals surface area contributed by atoms with Crippen LogP contribution in [0.2, 0.25) is 0 Å². The maximum absolute atomic E-state index is 2.67. The first-order valence-electron chi connectivity index (χ1n) is 8.23. The molecule has 0 amide bonds. The molecule has 0 bridgehead atoms. The van der Waals surface area contributed by atoms with E-state index < -0.39 is 0 Å². The number of nitrogens with zero attached hydrogens (tertiary/aromatic N) is 1. The Labute approximate surface area is 125 Å². The Hall–Kier alpha value is -0.820. The minimum absolute atomic E-state index is 0.257. The van der Waals surface area contributed by atoms with E-state index >= 15 is 0 Å². The third-order valence-electron chi connectivity index (χ3n) is 4.87. The van der Waals surface area contributed by atoms with Crippen LogP contribution in [0.3, 0.4) is 0 Å². The van der Waals surface area contributed by atoms with Gasteiger partial charge in [-0.05, 0) is 48.8 Å². The molecule has 1 unspecified atom stereocenters. The van der Waals surface area contributed by atoms with Gasteiger partial charge in [0.15, 0.2) is 0 Å². The number of rotatable bonds is 4. The van der Waals surface area contributed by atoms with E-state index in [1.807, 2.05) is 0 Å². The molecule has 1 aromatic carbocycles. The zero-order valence-electron chi connectivity index (χ0n) is 13.9. The summed E-state index contributed by atoms with van der Waals surface area (Å²) in [4.78, 5) is 2.67. The van der Waals surface area contributed by atoms with E-state index in [0.717, 1.165) is 5.92 Å². The Bertz CT molecular complexity index is 412. The average molecular weight is 273 g/mol. The van der Waals surface area contributed by atoms with Gasteiger partial charge in [-0.15, -0.1) is 0 Å². The molecule has 112 valence electrons. The molecule has 0 saturated carbocycles. The molecule has 0 radical (unpaired) electrons. The van der Waals surface area contributed by atoms with Crippen molar-refractivity contribution in [2.24, 2.45) is 5.92 Å². The van der Waals surface area contributed by atoms with Crippen molar-refractivity contribution in [2.45, 2.75) is 65.3 Å². The summed E-state index contributed by atoms with van der Waals surface area (Å²) in [6.45, 7) is 14.1. The second-order valence-electron chi connectivity index (χ2n) is 7.56. The maximum atomic E-state index is 2.67. The van der Waals surface area contributed by atoms with Gasteiger partial charge in [0.1, 0.15) is 0 Å². The molecular weight excluding hydrogens is 242 g/mol. The van der Waals surface area contributed by atoms with Crippen LogP contribution < -0.4 is 0 Å². The molecule has 1 heterocycles. The minimum atomic E-state index is 0.257.